The van der Waals surface area contributed by atoms with Crippen LogP contribution < -0.4 is 10.2 Å². The molecule has 2 aromatic rings. The Balaban J connectivity index is 1.37. The second kappa shape index (κ2) is 7.14. The molecular weight excluding hydrogens is 353 g/mol. The first kappa shape index (κ1) is 18.1. The molecule has 2 fully saturated rings. The number of nitrogens with one attached hydrogen (secondary N) is 1. The van der Waals surface area contributed by atoms with E-state index in [1.165, 1.54) is 23.3 Å². The average Bonchev–Trinajstić information content (AvgIpc) is 2.98. The third kappa shape index (κ3) is 2.84. The van der Waals surface area contributed by atoms with Gasteiger partial charge in [-0.1, -0.05) is 24.3 Å². The maximum absolute atomic E-state index is 13.2. The average molecular weight is 381 g/mol. The number of hydrogen-bond donors (Lipinski definition) is 2. The Kier molecular flexibility index (Phi) is 4.62. The quantitative estimate of drug-likeness (QED) is 0.839. The summed E-state index contributed by atoms with van der Waals surface area (Å²) in [6.45, 7) is 5.54. The van der Waals surface area contributed by atoms with Crippen molar-refractivity contribution in [3.63, 3.8) is 0 Å². The number of piperidine rings is 1. The first-order valence-corrected chi connectivity index (χ1v) is 10.4. The van der Waals surface area contributed by atoms with Crippen LogP contribution in [0.15, 0.2) is 48.5 Å². The Labute approximate surface area is 166 Å². The minimum atomic E-state index is -0.357. The summed E-state index contributed by atoms with van der Waals surface area (Å²) >= 11 is 0. The molecule has 0 aromatic heterocycles. The van der Waals surface area contributed by atoms with Crippen molar-refractivity contribution in [2.45, 2.75) is 30.4 Å². The Morgan fingerprint density at radius 3 is 2.32 bits per heavy atom. The minimum Gasteiger partial charge on any atom is -0.390 e. The number of piperazine rings is 1. The van der Waals surface area contributed by atoms with Gasteiger partial charge in [-0.05, 0) is 61.3 Å². The molecule has 2 heterocycles. The first-order valence-electron chi connectivity index (χ1n) is 10.4. The van der Waals surface area contributed by atoms with Crippen LogP contribution in [-0.2, 0) is 5.41 Å². The van der Waals surface area contributed by atoms with E-state index >= 15 is 0 Å². The summed E-state index contributed by atoms with van der Waals surface area (Å²) in [6.07, 6.45) is 1.64. The highest BCUT2D eigenvalue weighted by Crippen LogP contribution is 2.52. The molecule has 0 saturated carbocycles. The molecule has 0 amide bonds. The van der Waals surface area contributed by atoms with Gasteiger partial charge in [-0.25, -0.2) is 4.39 Å². The summed E-state index contributed by atoms with van der Waals surface area (Å²) in [7, 11) is 0. The molecule has 1 spiro atoms. The van der Waals surface area contributed by atoms with Gasteiger partial charge in [-0.2, -0.15) is 0 Å². The lowest BCUT2D eigenvalue weighted by Gasteiger charge is -2.43. The van der Waals surface area contributed by atoms with Gasteiger partial charge in [0, 0.05) is 37.3 Å². The van der Waals surface area contributed by atoms with Crippen molar-refractivity contribution in [1.82, 2.24) is 10.2 Å². The van der Waals surface area contributed by atoms with Gasteiger partial charge in [0.1, 0.15) is 5.82 Å². The van der Waals surface area contributed by atoms with E-state index in [4.69, 9.17) is 0 Å². The summed E-state index contributed by atoms with van der Waals surface area (Å²) in [5, 5.41) is 15.0. The van der Waals surface area contributed by atoms with Gasteiger partial charge < -0.3 is 15.3 Å². The molecule has 5 rings (SSSR count). The molecule has 2 N–H and O–H groups in total. The second-order valence-corrected chi connectivity index (χ2v) is 8.38. The molecule has 148 valence electrons. The first-order chi connectivity index (χ1) is 13.7. The molecule has 2 atom stereocenters. The number of aliphatic hydroxyl groups excluding tert-OH is 1. The lowest BCUT2D eigenvalue weighted by Crippen LogP contribution is -2.52. The fourth-order valence-corrected chi connectivity index (χ4v) is 5.58. The largest absolute Gasteiger partial charge is 0.390 e. The Bertz CT molecular complexity index is 826. The van der Waals surface area contributed by atoms with E-state index in [0.29, 0.717) is 0 Å². The van der Waals surface area contributed by atoms with E-state index in [1.54, 1.807) is 0 Å². The summed E-state index contributed by atoms with van der Waals surface area (Å²) < 4.78 is 13.2. The van der Waals surface area contributed by atoms with Crippen molar-refractivity contribution in [3.8, 4) is 0 Å². The van der Waals surface area contributed by atoms with E-state index in [9.17, 15) is 9.50 Å². The molecule has 1 aliphatic carbocycles. The molecule has 2 aromatic carbocycles. The van der Waals surface area contributed by atoms with Gasteiger partial charge in [0.15, 0.2) is 0 Å². The maximum atomic E-state index is 13.2. The van der Waals surface area contributed by atoms with Crippen molar-refractivity contribution in [3.05, 3.63) is 65.5 Å². The topological polar surface area (TPSA) is 38.7 Å². The van der Waals surface area contributed by atoms with Crippen molar-refractivity contribution in [2.24, 2.45) is 0 Å². The number of nitrogens with zero attached hydrogens (tertiary/aromatic N) is 2. The molecule has 4 nitrogen and oxygen atoms in total. The van der Waals surface area contributed by atoms with Crippen LogP contribution in [0.3, 0.4) is 0 Å². The lowest BCUT2D eigenvalue weighted by atomic mass is 9.72. The third-order valence-electron chi connectivity index (χ3n) is 7.08. The van der Waals surface area contributed by atoms with E-state index in [1.807, 2.05) is 12.1 Å². The molecule has 2 aliphatic heterocycles. The molecule has 0 bridgehead atoms. The van der Waals surface area contributed by atoms with Crippen LogP contribution in [0.5, 0.6) is 0 Å². The maximum Gasteiger partial charge on any atom is 0.123 e. The standard InChI is InChI=1S/C23H28FN3O/c24-17-5-7-18(8-6-17)26-13-15-27(16-14-26)21-19-3-1-2-4-20(19)23(22(21)28)9-11-25-12-10-23/h1-8,21-22,25,28H,9-16H2/t21-,22+/m1/s1. The Morgan fingerprint density at radius 2 is 1.61 bits per heavy atom. The number of benzene rings is 2. The SMILES string of the molecule is O[C@H]1[C@H](N2CCN(c3ccc(F)cc3)CC2)c2ccccc2C12CCNCC2. The van der Waals surface area contributed by atoms with Crippen LogP contribution >= 0.6 is 0 Å². The predicted octanol–water partition coefficient (Wildman–Crippen LogP) is 2.68. The van der Waals surface area contributed by atoms with Gasteiger partial charge in [0.05, 0.1) is 12.1 Å². The second-order valence-electron chi connectivity index (χ2n) is 8.38. The smallest absolute Gasteiger partial charge is 0.123 e. The zero-order valence-corrected chi connectivity index (χ0v) is 16.1. The van der Waals surface area contributed by atoms with E-state index in [0.717, 1.165) is 57.8 Å². The highest BCUT2D eigenvalue weighted by molar-refractivity contribution is 5.48. The Hall–Kier alpha value is -1.95. The van der Waals surface area contributed by atoms with Crippen LogP contribution in [0.2, 0.25) is 0 Å². The van der Waals surface area contributed by atoms with Gasteiger partial charge in [-0.15, -0.1) is 0 Å². The van der Waals surface area contributed by atoms with E-state index in [-0.39, 0.29) is 23.4 Å². The van der Waals surface area contributed by atoms with Crippen LogP contribution in [0, 0.1) is 5.82 Å². The molecule has 5 heteroatoms. The monoisotopic (exact) mass is 381 g/mol. The number of rotatable bonds is 2. The highest BCUT2D eigenvalue weighted by atomic mass is 19.1. The predicted molar refractivity (Wildman–Crippen MR) is 109 cm³/mol. The van der Waals surface area contributed by atoms with Crippen LogP contribution in [-0.4, -0.2) is 55.4 Å². The summed E-state index contributed by atoms with van der Waals surface area (Å²) in [4.78, 5) is 4.77. The van der Waals surface area contributed by atoms with E-state index < -0.39 is 0 Å². The van der Waals surface area contributed by atoms with Crippen molar-refractivity contribution >= 4 is 5.69 Å². The Morgan fingerprint density at radius 1 is 0.929 bits per heavy atom. The normalized spacial score (nSPS) is 27.1. The zero-order valence-electron chi connectivity index (χ0n) is 16.1. The molecular formula is C23H28FN3O. The van der Waals surface area contributed by atoms with Crippen molar-refractivity contribution in [2.75, 3.05) is 44.2 Å². The fraction of sp³-hybridized carbons (Fsp3) is 0.478. The fourth-order valence-electron chi connectivity index (χ4n) is 5.58. The van der Waals surface area contributed by atoms with Gasteiger partial charge >= 0.3 is 0 Å². The molecule has 2 saturated heterocycles. The van der Waals surface area contributed by atoms with E-state index in [2.05, 4.69) is 39.4 Å². The lowest BCUT2D eigenvalue weighted by molar-refractivity contribution is -0.00359. The molecule has 28 heavy (non-hydrogen) atoms. The number of hydrogen-bond acceptors (Lipinski definition) is 4. The number of halogens is 1. The van der Waals surface area contributed by atoms with Gasteiger partial charge in [-0.3, -0.25) is 4.90 Å². The molecule has 0 radical (unpaired) electrons. The molecule has 3 aliphatic rings. The van der Waals surface area contributed by atoms with Crippen LogP contribution in [0.25, 0.3) is 0 Å². The van der Waals surface area contributed by atoms with Crippen molar-refractivity contribution < 1.29 is 9.50 Å². The minimum absolute atomic E-state index is 0.0738. The molecule has 0 unspecified atom stereocenters. The number of anilines is 1. The highest BCUT2D eigenvalue weighted by Gasteiger charge is 2.53. The summed E-state index contributed by atoms with van der Waals surface area (Å²) in [6, 6.07) is 15.5. The third-order valence-corrected chi connectivity index (χ3v) is 7.08. The summed E-state index contributed by atoms with van der Waals surface area (Å²) in [5.41, 5.74) is 3.63. The number of fused-ring (bicyclic) bond motifs is 2. The summed E-state index contributed by atoms with van der Waals surface area (Å²) in [5.74, 6) is -0.194. The zero-order chi connectivity index (χ0) is 19.1. The van der Waals surface area contributed by atoms with Crippen LogP contribution in [0.1, 0.15) is 30.0 Å². The van der Waals surface area contributed by atoms with Crippen LogP contribution in [0.4, 0.5) is 10.1 Å². The van der Waals surface area contributed by atoms with Crippen molar-refractivity contribution in [1.29, 1.82) is 0 Å². The van der Waals surface area contributed by atoms with Gasteiger partial charge in [0.2, 0.25) is 0 Å². The number of aliphatic hydroxyl groups is 1. The van der Waals surface area contributed by atoms with Gasteiger partial charge in [0.25, 0.3) is 0 Å².